The molecule has 0 unspecified atom stereocenters. The minimum atomic E-state index is -4.02. The Hall–Kier alpha value is -4.23. The Kier molecular flexibility index (Phi) is 7.51. The van der Waals surface area contributed by atoms with Gasteiger partial charge in [-0.25, -0.2) is 23.1 Å². The number of nitrogens with one attached hydrogen (secondary N) is 1. The van der Waals surface area contributed by atoms with Crippen molar-refractivity contribution >= 4 is 28.0 Å². The predicted octanol–water partition coefficient (Wildman–Crippen LogP) is 2.33. The highest BCUT2D eigenvalue weighted by Crippen LogP contribution is 2.21. The Morgan fingerprint density at radius 2 is 1.81 bits per heavy atom. The molecule has 1 N–H and O–H groups in total. The molecule has 0 radical (unpaired) electrons. The molecular formula is C22H19N5O4S. The standard InChI is InChI=1S/C22H19N5O4S/c23-13-15-31-19-11-9-18(10-12-19)16-25-26-22(28)17-27(21-8-4-5-14-24-21)32(29,30)20-6-2-1-3-7-20/h1-12,14,16H,15,17H2,(H,26,28)/b25-16-. The van der Waals surface area contributed by atoms with Gasteiger partial charge in [-0.15, -0.1) is 0 Å². The monoisotopic (exact) mass is 449 g/mol. The van der Waals surface area contributed by atoms with Crippen LogP contribution in [0.3, 0.4) is 0 Å². The van der Waals surface area contributed by atoms with Crippen molar-refractivity contribution in [2.45, 2.75) is 4.90 Å². The van der Waals surface area contributed by atoms with Gasteiger partial charge in [0.1, 0.15) is 24.2 Å². The third-order valence-corrected chi connectivity index (χ3v) is 5.87. The molecule has 162 valence electrons. The smallest absolute Gasteiger partial charge is 0.265 e. The molecule has 3 aromatic rings. The van der Waals surface area contributed by atoms with Gasteiger partial charge in [0.15, 0.2) is 6.61 Å². The first-order chi connectivity index (χ1) is 15.5. The van der Waals surface area contributed by atoms with Crippen LogP contribution in [0.5, 0.6) is 5.75 Å². The van der Waals surface area contributed by atoms with Crippen LogP contribution in [0.4, 0.5) is 5.82 Å². The van der Waals surface area contributed by atoms with E-state index in [9.17, 15) is 13.2 Å². The van der Waals surface area contributed by atoms with E-state index in [2.05, 4.69) is 15.5 Å². The van der Waals surface area contributed by atoms with Gasteiger partial charge in [0, 0.05) is 6.20 Å². The van der Waals surface area contributed by atoms with E-state index in [0.29, 0.717) is 11.3 Å². The number of hydrogen-bond acceptors (Lipinski definition) is 7. The molecule has 0 bridgehead atoms. The number of rotatable bonds is 9. The van der Waals surface area contributed by atoms with Gasteiger partial charge in [0.25, 0.3) is 15.9 Å². The first-order valence-electron chi connectivity index (χ1n) is 9.41. The zero-order valence-electron chi connectivity index (χ0n) is 16.8. The molecule has 10 heteroatoms. The molecule has 0 aliphatic rings. The first kappa shape index (κ1) is 22.5. The van der Waals surface area contributed by atoms with Crippen molar-refractivity contribution in [3.63, 3.8) is 0 Å². The number of aromatic nitrogens is 1. The van der Waals surface area contributed by atoms with Crippen molar-refractivity contribution in [3.8, 4) is 11.8 Å². The molecule has 2 aromatic carbocycles. The number of carbonyl (C=O) groups excluding carboxylic acids is 1. The molecule has 0 aliphatic heterocycles. The molecule has 9 nitrogen and oxygen atoms in total. The van der Waals surface area contributed by atoms with Crippen LogP contribution < -0.4 is 14.5 Å². The van der Waals surface area contributed by atoms with Crippen molar-refractivity contribution in [1.29, 1.82) is 5.26 Å². The normalized spacial score (nSPS) is 11.0. The van der Waals surface area contributed by atoms with Gasteiger partial charge >= 0.3 is 0 Å². The van der Waals surface area contributed by atoms with Crippen LogP contribution >= 0.6 is 0 Å². The van der Waals surface area contributed by atoms with Gasteiger partial charge in [-0.2, -0.15) is 10.4 Å². The molecule has 0 saturated carbocycles. The maximum Gasteiger partial charge on any atom is 0.265 e. The summed E-state index contributed by atoms with van der Waals surface area (Å²) in [6, 6.07) is 21.2. The minimum Gasteiger partial charge on any atom is -0.479 e. The summed E-state index contributed by atoms with van der Waals surface area (Å²) in [5, 5.41) is 12.4. The summed E-state index contributed by atoms with van der Waals surface area (Å²) in [5.74, 6) is 0.00804. The molecule has 0 fully saturated rings. The van der Waals surface area contributed by atoms with Crippen LogP contribution in [0.1, 0.15) is 5.56 Å². The lowest BCUT2D eigenvalue weighted by Crippen LogP contribution is -2.40. The fraction of sp³-hybridized carbons (Fsp3) is 0.0909. The number of anilines is 1. The van der Waals surface area contributed by atoms with Gasteiger partial charge in [-0.1, -0.05) is 24.3 Å². The number of pyridine rings is 1. The highest BCUT2D eigenvalue weighted by atomic mass is 32.2. The third-order valence-electron chi connectivity index (χ3n) is 4.11. The summed E-state index contributed by atoms with van der Waals surface area (Å²) in [4.78, 5) is 16.6. The molecule has 1 amide bonds. The lowest BCUT2D eigenvalue weighted by atomic mass is 10.2. The van der Waals surface area contributed by atoms with Crippen molar-refractivity contribution in [2.75, 3.05) is 17.5 Å². The van der Waals surface area contributed by atoms with E-state index in [1.807, 2.05) is 6.07 Å². The van der Waals surface area contributed by atoms with Crippen molar-refractivity contribution in [3.05, 3.63) is 84.6 Å². The number of amides is 1. The quantitative estimate of drug-likeness (QED) is 0.395. The zero-order chi connectivity index (χ0) is 22.8. The molecule has 1 aromatic heterocycles. The Labute approximate surface area is 185 Å². The van der Waals surface area contributed by atoms with Gasteiger partial charge in [-0.3, -0.25) is 4.79 Å². The van der Waals surface area contributed by atoms with Crippen molar-refractivity contribution < 1.29 is 17.9 Å². The molecular weight excluding hydrogens is 430 g/mol. The molecule has 0 aliphatic carbocycles. The number of benzene rings is 2. The summed E-state index contributed by atoms with van der Waals surface area (Å²) in [6.07, 6.45) is 2.85. The summed E-state index contributed by atoms with van der Waals surface area (Å²) >= 11 is 0. The topological polar surface area (TPSA) is 125 Å². The summed E-state index contributed by atoms with van der Waals surface area (Å²) in [7, 11) is -4.02. The van der Waals surface area contributed by atoms with Gasteiger partial charge in [-0.05, 0) is 54.1 Å². The van der Waals surface area contributed by atoms with E-state index in [0.717, 1.165) is 4.31 Å². The largest absolute Gasteiger partial charge is 0.479 e. The number of carbonyl (C=O) groups is 1. The summed E-state index contributed by atoms with van der Waals surface area (Å²) in [5.41, 5.74) is 3.00. The maximum atomic E-state index is 13.1. The van der Waals surface area contributed by atoms with E-state index in [1.165, 1.54) is 30.6 Å². The molecule has 0 saturated heterocycles. The van der Waals surface area contributed by atoms with Crippen LogP contribution in [0.25, 0.3) is 0 Å². The molecule has 0 spiro atoms. The predicted molar refractivity (Wildman–Crippen MR) is 118 cm³/mol. The number of hydrazone groups is 1. The summed E-state index contributed by atoms with van der Waals surface area (Å²) < 4.78 is 32.3. The molecule has 3 rings (SSSR count). The Morgan fingerprint density at radius 3 is 2.47 bits per heavy atom. The average molecular weight is 449 g/mol. The second-order valence-corrected chi connectivity index (χ2v) is 8.18. The lowest BCUT2D eigenvalue weighted by Gasteiger charge is -2.22. The number of nitriles is 1. The van der Waals surface area contributed by atoms with Crippen LogP contribution in [0.15, 0.2) is 89.0 Å². The lowest BCUT2D eigenvalue weighted by molar-refractivity contribution is -0.119. The van der Waals surface area contributed by atoms with E-state index in [4.69, 9.17) is 10.00 Å². The highest BCUT2D eigenvalue weighted by Gasteiger charge is 2.27. The number of hydrogen-bond donors (Lipinski definition) is 1. The van der Waals surface area contributed by atoms with E-state index < -0.39 is 22.5 Å². The highest BCUT2D eigenvalue weighted by molar-refractivity contribution is 7.92. The van der Waals surface area contributed by atoms with E-state index in [1.54, 1.807) is 54.6 Å². The molecule has 1 heterocycles. The van der Waals surface area contributed by atoms with Crippen LogP contribution in [0.2, 0.25) is 0 Å². The van der Waals surface area contributed by atoms with Gasteiger partial charge < -0.3 is 4.74 Å². The average Bonchev–Trinajstić information content (AvgIpc) is 2.83. The van der Waals surface area contributed by atoms with E-state index >= 15 is 0 Å². The number of sulfonamides is 1. The Bertz CT molecular complexity index is 1210. The van der Waals surface area contributed by atoms with Gasteiger partial charge in [0.05, 0.1) is 11.1 Å². The van der Waals surface area contributed by atoms with Crippen LogP contribution in [0, 0.1) is 11.3 Å². The van der Waals surface area contributed by atoms with Gasteiger partial charge in [0.2, 0.25) is 0 Å². The summed E-state index contributed by atoms with van der Waals surface area (Å²) in [6.45, 7) is -0.561. The van der Waals surface area contributed by atoms with E-state index in [-0.39, 0.29) is 17.3 Å². The number of ether oxygens (including phenoxy) is 1. The Morgan fingerprint density at radius 1 is 1.09 bits per heavy atom. The maximum absolute atomic E-state index is 13.1. The number of nitrogens with zero attached hydrogens (tertiary/aromatic N) is 4. The minimum absolute atomic E-state index is 0.0423. The second-order valence-electron chi connectivity index (χ2n) is 6.32. The van der Waals surface area contributed by atoms with Crippen molar-refractivity contribution in [2.24, 2.45) is 5.10 Å². The van der Waals surface area contributed by atoms with Crippen LogP contribution in [-0.2, 0) is 14.8 Å². The fourth-order valence-corrected chi connectivity index (χ4v) is 4.02. The Balaban J connectivity index is 1.71. The zero-order valence-corrected chi connectivity index (χ0v) is 17.6. The molecule has 32 heavy (non-hydrogen) atoms. The van der Waals surface area contributed by atoms with Crippen molar-refractivity contribution in [1.82, 2.24) is 10.4 Å². The first-order valence-corrected chi connectivity index (χ1v) is 10.9. The van der Waals surface area contributed by atoms with Crippen LogP contribution in [-0.4, -0.2) is 38.7 Å². The SMILES string of the molecule is N#CCOc1ccc(/C=N\NC(=O)CN(c2ccccn2)S(=O)(=O)c2ccccc2)cc1. The fourth-order valence-electron chi connectivity index (χ4n) is 2.62. The second kappa shape index (κ2) is 10.7. The third kappa shape index (κ3) is 5.90. The molecule has 0 atom stereocenters.